The highest BCUT2D eigenvalue weighted by Gasteiger charge is 2.24. The van der Waals surface area contributed by atoms with E-state index >= 15 is 0 Å². The van der Waals surface area contributed by atoms with E-state index in [9.17, 15) is 14.4 Å². The van der Waals surface area contributed by atoms with Crippen molar-refractivity contribution in [3.63, 3.8) is 0 Å². The molecule has 1 atom stereocenters. The van der Waals surface area contributed by atoms with Gasteiger partial charge in [0, 0.05) is 36.1 Å². The maximum absolute atomic E-state index is 12.6. The average molecular weight is 407 g/mol. The quantitative estimate of drug-likeness (QED) is 0.524. The third-order valence-corrected chi connectivity index (χ3v) is 4.76. The molecule has 156 valence electrons. The first-order valence-corrected chi connectivity index (χ1v) is 9.69. The van der Waals surface area contributed by atoms with Crippen molar-refractivity contribution in [3.8, 4) is 0 Å². The van der Waals surface area contributed by atoms with Crippen LogP contribution in [-0.2, 0) is 25.5 Å². The van der Waals surface area contributed by atoms with Gasteiger partial charge in [0.1, 0.15) is 6.04 Å². The summed E-state index contributed by atoms with van der Waals surface area (Å²) < 4.78 is 5.19. The van der Waals surface area contributed by atoms with Crippen LogP contribution in [-0.4, -0.2) is 35.4 Å². The Morgan fingerprint density at radius 2 is 1.87 bits per heavy atom. The summed E-state index contributed by atoms with van der Waals surface area (Å²) in [6.45, 7) is 4.76. The summed E-state index contributed by atoms with van der Waals surface area (Å²) in [4.78, 5) is 39.5. The number of ether oxygens (including phenoxy) is 1. The van der Waals surface area contributed by atoms with Crippen LogP contribution >= 0.6 is 0 Å². The number of anilines is 1. The molecule has 0 fully saturated rings. The lowest BCUT2D eigenvalue weighted by Gasteiger charge is -2.17. The molecule has 7 nitrogen and oxygen atoms in total. The number of aromatic amines is 1. The van der Waals surface area contributed by atoms with Crippen LogP contribution in [0, 0.1) is 13.8 Å². The van der Waals surface area contributed by atoms with Crippen LogP contribution in [0.25, 0.3) is 10.9 Å². The van der Waals surface area contributed by atoms with E-state index in [2.05, 4.69) is 15.6 Å². The van der Waals surface area contributed by atoms with Gasteiger partial charge in [0.2, 0.25) is 5.91 Å². The molecule has 0 saturated carbocycles. The van der Waals surface area contributed by atoms with Gasteiger partial charge in [-0.2, -0.15) is 0 Å². The molecule has 1 aromatic heterocycles. The average Bonchev–Trinajstić information content (AvgIpc) is 3.10. The Bertz CT molecular complexity index is 1090. The fourth-order valence-electron chi connectivity index (χ4n) is 3.34. The molecule has 1 heterocycles. The number of H-pyrrole nitrogens is 1. The van der Waals surface area contributed by atoms with Gasteiger partial charge in [-0.15, -0.1) is 0 Å². The summed E-state index contributed by atoms with van der Waals surface area (Å²) in [5.41, 5.74) is 4.49. The highest BCUT2D eigenvalue weighted by atomic mass is 16.5. The smallest absolute Gasteiger partial charge is 0.329 e. The van der Waals surface area contributed by atoms with Crippen molar-refractivity contribution >= 4 is 34.4 Å². The highest BCUT2D eigenvalue weighted by molar-refractivity contribution is 5.94. The van der Waals surface area contributed by atoms with Gasteiger partial charge in [-0.3, -0.25) is 9.59 Å². The number of para-hydroxylation sites is 1. The molecule has 3 rings (SSSR count). The number of hydrogen-bond donors (Lipinski definition) is 3. The lowest BCUT2D eigenvalue weighted by Crippen LogP contribution is -2.43. The highest BCUT2D eigenvalue weighted by Crippen LogP contribution is 2.19. The summed E-state index contributed by atoms with van der Waals surface area (Å²) in [7, 11) is 0. The van der Waals surface area contributed by atoms with E-state index in [1.807, 2.05) is 56.3 Å². The first kappa shape index (κ1) is 21.1. The Morgan fingerprint density at radius 3 is 2.60 bits per heavy atom. The molecule has 0 saturated heterocycles. The standard InChI is InChI=1S/C23H25N3O4/c1-14-8-9-19(15(2)10-14)26-22(28)13-30-23(29)21(25-16(3)27)11-17-12-24-20-7-5-4-6-18(17)20/h4-10,12,21,24H,11,13H2,1-3H3,(H,25,27)(H,26,28)/t21-/m0/s1. The molecule has 3 N–H and O–H groups in total. The van der Waals surface area contributed by atoms with Crippen molar-refractivity contribution in [2.45, 2.75) is 33.2 Å². The number of aromatic nitrogens is 1. The van der Waals surface area contributed by atoms with Crippen molar-refractivity contribution in [2.75, 3.05) is 11.9 Å². The van der Waals surface area contributed by atoms with E-state index in [1.165, 1.54) is 6.92 Å². The van der Waals surface area contributed by atoms with E-state index in [1.54, 1.807) is 6.20 Å². The van der Waals surface area contributed by atoms with E-state index in [0.29, 0.717) is 5.69 Å². The third-order valence-electron chi connectivity index (χ3n) is 4.76. The maximum atomic E-state index is 12.6. The Kier molecular flexibility index (Phi) is 6.51. The Labute approximate surface area is 174 Å². The van der Waals surface area contributed by atoms with Gasteiger partial charge in [0.25, 0.3) is 5.91 Å². The molecule has 3 aromatic rings. The minimum absolute atomic E-state index is 0.251. The number of nitrogens with one attached hydrogen (secondary N) is 3. The number of hydrogen-bond acceptors (Lipinski definition) is 4. The minimum atomic E-state index is -0.893. The lowest BCUT2D eigenvalue weighted by molar-refractivity contribution is -0.150. The Hall–Kier alpha value is -3.61. The molecular formula is C23H25N3O4. The summed E-state index contributed by atoms with van der Waals surface area (Å²) in [5, 5.41) is 6.31. The van der Waals surface area contributed by atoms with Crippen LogP contribution in [0.4, 0.5) is 5.69 Å². The number of aryl methyl sites for hydroxylation is 2. The zero-order valence-corrected chi connectivity index (χ0v) is 17.2. The third kappa shape index (κ3) is 5.26. The fourth-order valence-corrected chi connectivity index (χ4v) is 3.34. The number of carbonyl (C=O) groups is 3. The second kappa shape index (κ2) is 9.26. The molecule has 7 heteroatoms. The zero-order valence-electron chi connectivity index (χ0n) is 17.2. The molecule has 0 unspecified atom stereocenters. The number of amides is 2. The number of benzene rings is 2. The topological polar surface area (TPSA) is 100 Å². The second-order valence-electron chi connectivity index (χ2n) is 7.29. The van der Waals surface area contributed by atoms with E-state index in [4.69, 9.17) is 4.74 Å². The van der Waals surface area contributed by atoms with Crippen LogP contribution in [0.5, 0.6) is 0 Å². The summed E-state index contributed by atoms with van der Waals surface area (Å²) >= 11 is 0. The van der Waals surface area contributed by atoms with Gasteiger partial charge in [-0.05, 0) is 37.1 Å². The first-order valence-electron chi connectivity index (χ1n) is 9.69. The molecule has 2 amide bonds. The van der Waals surface area contributed by atoms with Crippen molar-refractivity contribution < 1.29 is 19.1 Å². The van der Waals surface area contributed by atoms with Crippen LogP contribution < -0.4 is 10.6 Å². The lowest BCUT2D eigenvalue weighted by atomic mass is 10.0. The molecule has 0 aliphatic heterocycles. The van der Waals surface area contributed by atoms with E-state index in [-0.39, 0.29) is 12.3 Å². The van der Waals surface area contributed by atoms with Crippen LogP contribution in [0.2, 0.25) is 0 Å². The predicted octanol–water partition coefficient (Wildman–Crippen LogP) is 3.01. The van der Waals surface area contributed by atoms with Crippen molar-refractivity contribution in [2.24, 2.45) is 0 Å². The largest absolute Gasteiger partial charge is 0.454 e. The second-order valence-corrected chi connectivity index (χ2v) is 7.29. The van der Waals surface area contributed by atoms with Gasteiger partial charge in [0.05, 0.1) is 0 Å². The van der Waals surface area contributed by atoms with Crippen molar-refractivity contribution in [1.29, 1.82) is 0 Å². The molecule has 2 aromatic carbocycles. The Balaban J connectivity index is 1.63. The number of rotatable bonds is 7. The van der Waals surface area contributed by atoms with E-state index in [0.717, 1.165) is 27.6 Å². The van der Waals surface area contributed by atoms with Crippen LogP contribution in [0.15, 0.2) is 48.7 Å². The molecule has 0 bridgehead atoms. The number of fused-ring (bicyclic) bond motifs is 1. The van der Waals surface area contributed by atoms with Gasteiger partial charge in [0.15, 0.2) is 6.61 Å². The predicted molar refractivity (Wildman–Crippen MR) is 115 cm³/mol. The molecule has 0 aliphatic rings. The van der Waals surface area contributed by atoms with Crippen molar-refractivity contribution in [1.82, 2.24) is 10.3 Å². The summed E-state index contributed by atoms with van der Waals surface area (Å²) in [6, 6.07) is 12.5. The van der Waals surface area contributed by atoms with Crippen LogP contribution in [0.3, 0.4) is 0 Å². The van der Waals surface area contributed by atoms with Gasteiger partial charge in [-0.25, -0.2) is 4.79 Å². The monoisotopic (exact) mass is 407 g/mol. The fraction of sp³-hybridized carbons (Fsp3) is 0.261. The van der Waals surface area contributed by atoms with Crippen molar-refractivity contribution in [3.05, 3.63) is 65.4 Å². The SMILES string of the molecule is CC(=O)N[C@@H](Cc1c[nH]c2ccccc12)C(=O)OCC(=O)Nc1ccc(C)cc1C. The Morgan fingerprint density at radius 1 is 1.10 bits per heavy atom. The maximum Gasteiger partial charge on any atom is 0.329 e. The number of carbonyl (C=O) groups excluding carboxylic acids is 3. The zero-order chi connectivity index (χ0) is 21.7. The van der Waals surface area contributed by atoms with Crippen LogP contribution in [0.1, 0.15) is 23.6 Å². The van der Waals surface area contributed by atoms with Gasteiger partial charge in [-0.1, -0.05) is 35.9 Å². The van der Waals surface area contributed by atoms with E-state index < -0.39 is 24.5 Å². The normalized spacial score (nSPS) is 11.7. The summed E-state index contributed by atoms with van der Waals surface area (Å²) in [5.74, 6) is -1.45. The summed E-state index contributed by atoms with van der Waals surface area (Å²) in [6.07, 6.45) is 2.06. The number of esters is 1. The molecule has 0 radical (unpaired) electrons. The van der Waals surface area contributed by atoms with Gasteiger partial charge >= 0.3 is 5.97 Å². The first-order chi connectivity index (χ1) is 14.3. The molecule has 0 spiro atoms. The molecule has 30 heavy (non-hydrogen) atoms. The minimum Gasteiger partial charge on any atom is -0.454 e. The van der Waals surface area contributed by atoms with Gasteiger partial charge < -0.3 is 20.4 Å². The molecule has 0 aliphatic carbocycles. The molecular weight excluding hydrogens is 382 g/mol.